The molecule has 0 unspecified atom stereocenters. The molecule has 0 amide bonds. The second-order valence-electron chi connectivity index (χ2n) is 7.90. The minimum absolute atomic E-state index is 0.00672. The van der Waals surface area contributed by atoms with Crippen molar-refractivity contribution in [3.8, 4) is 0 Å². The van der Waals surface area contributed by atoms with Crippen LogP contribution in [0.25, 0.3) is 0 Å². The van der Waals surface area contributed by atoms with Crippen LogP contribution in [0.3, 0.4) is 0 Å². The molecule has 0 saturated carbocycles. The maximum absolute atomic E-state index is 15.1. The molecule has 0 aliphatic carbocycles. The summed E-state index contributed by atoms with van der Waals surface area (Å²) in [6, 6.07) is 11.7. The molecule has 3 aliphatic rings. The van der Waals surface area contributed by atoms with Gasteiger partial charge in [0, 0.05) is 31.1 Å². The molecule has 4 heterocycles. The molecule has 3 atom stereocenters. The number of pyridine rings is 1. The van der Waals surface area contributed by atoms with Crippen LogP contribution in [-0.4, -0.2) is 39.9 Å². The van der Waals surface area contributed by atoms with Crippen molar-refractivity contribution >= 4 is 22.6 Å². The van der Waals surface area contributed by atoms with Crippen molar-refractivity contribution in [3.05, 3.63) is 59.7 Å². The van der Waals surface area contributed by atoms with Crippen LogP contribution in [0.4, 0.5) is 10.1 Å². The lowest BCUT2D eigenvalue weighted by atomic mass is 9.95. The Hall–Kier alpha value is -2.08. The predicted octanol–water partition coefficient (Wildman–Crippen LogP) is 4.80. The highest BCUT2D eigenvalue weighted by Gasteiger charge is 2.43. The number of thioether (sulfide) groups is 1. The molecule has 4 nitrogen and oxygen atoms in total. The zero-order chi connectivity index (χ0) is 19.1. The topological polar surface area (TPSA) is 31.7 Å². The van der Waals surface area contributed by atoms with E-state index in [2.05, 4.69) is 27.8 Å². The molecular weight excluding hydrogens is 371 g/mol. The van der Waals surface area contributed by atoms with E-state index in [1.54, 1.807) is 6.07 Å². The third-order valence-corrected chi connectivity index (χ3v) is 6.99. The lowest BCUT2D eigenvalue weighted by Gasteiger charge is -2.31. The number of fused-ring (bicyclic) bond motifs is 1. The van der Waals surface area contributed by atoms with E-state index in [0.717, 1.165) is 54.6 Å². The first-order valence-corrected chi connectivity index (χ1v) is 11.0. The smallest absolute Gasteiger partial charge is 0.160 e. The van der Waals surface area contributed by atoms with Crippen LogP contribution in [0.5, 0.6) is 0 Å². The van der Waals surface area contributed by atoms with Gasteiger partial charge in [-0.25, -0.2) is 4.39 Å². The minimum Gasteiger partial charge on any atom is -0.369 e. The van der Waals surface area contributed by atoms with Crippen molar-refractivity contribution in [3.63, 3.8) is 0 Å². The normalized spacial score (nSPS) is 27.1. The second kappa shape index (κ2) is 7.39. The number of aromatic nitrogens is 1. The summed E-state index contributed by atoms with van der Waals surface area (Å²) in [6.45, 7) is 5.05. The Balaban J connectivity index is 1.50. The van der Waals surface area contributed by atoms with E-state index in [1.807, 2.05) is 42.2 Å². The van der Waals surface area contributed by atoms with Gasteiger partial charge in [-0.05, 0) is 49.1 Å². The highest BCUT2D eigenvalue weighted by atomic mass is 32.2. The molecule has 1 aromatic heterocycles. The summed E-state index contributed by atoms with van der Waals surface area (Å²) in [6.07, 6.45) is 5.35. The molecule has 3 aliphatic heterocycles. The van der Waals surface area contributed by atoms with Gasteiger partial charge in [0.1, 0.15) is 11.9 Å². The van der Waals surface area contributed by atoms with E-state index in [-0.39, 0.29) is 17.9 Å². The van der Waals surface area contributed by atoms with E-state index in [4.69, 9.17) is 4.99 Å². The first-order chi connectivity index (χ1) is 13.7. The Morgan fingerprint density at radius 2 is 1.96 bits per heavy atom. The molecule has 0 radical (unpaired) electrons. The molecule has 146 valence electrons. The van der Waals surface area contributed by atoms with Gasteiger partial charge in [-0.1, -0.05) is 30.8 Å². The molecule has 28 heavy (non-hydrogen) atoms. The molecule has 5 rings (SSSR count). The van der Waals surface area contributed by atoms with Gasteiger partial charge in [-0.3, -0.25) is 9.98 Å². The Kier molecular flexibility index (Phi) is 4.75. The zero-order valence-corrected chi connectivity index (χ0v) is 16.9. The molecule has 0 N–H and O–H groups in total. The third kappa shape index (κ3) is 3.17. The summed E-state index contributed by atoms with van der Waals surface area (Å²) in [5.41, 5.74) is 2.67. The monoisotopic (exact) mass is 396 g/mol. The Morgan fingerprint density at radius 1 is 1.11 bits per heavy atom. The molecule has 2 saturated heterocycles. The van der Waals surface area contributed by atoms with Gasteiger partial charge < -0.3 is 9.80 Å². The molecule has 0 bridgehead atoms. The summed E-state index contributed by atoms with van der Waals surface area (Å²) >= 11 is 1.81. The SMILES string of the molecule is C[C@@H]1CN2C(=N[C@H](c3ccccn3)[C@H]2c2ccc(N3CCCCC3)c(F)c2)S1. The lowest BCUT2D eigenvalue weighted by molar-refractivity contribution is 0.320. The van der Waals surface area contributed by atoms with Crippen molar-refractivity contribution in [2.45, 2.75) is 43.5 Å². The number of anilines is 1. The van der Waals surface area contributed by atoms with Gasteiger partial charge in [0.05, 0.1) is 17.4 Å². The van der Waals surface area contributed by atoms with Crippen molar-refractivity contribution in [1.82, 2.24) is 9.88 Å². The number of amidine groups is 1. The van der Waals surface area contributed by atoms with Crippen LogP contribution in [0, 0.1) is 5.82 Å². The number of halogens is 1. The van der Waals surface area contributed by atoms with Gasteiger partial charge >= 0.3 is 0 Å². The summed E-state index contributed by atoms with van der Waals surface area (Å²) in [5.74, 6) is -0.118. The van der Waals surface area contributed by atoms with Crippen LogP contribution in [0.15, 0.2) is 47.6 Å². The average molecular weight is 397 g/mol. The van der Waals surface area contributed by atoms with Gasteiger partial charge in [0.15, 0.2) is 5.17 Å². The maximum Gasteiger partial charge on any atom is 0.160 e. The first kappa shape index (κ1) is 18.0. The van der Waals surface area contributed by atoms with E-state index in [0.29, 0.717) is 5.25 Å². The second-order valence-corrected chi connectivity index (χ2v) is 9.30. The van der Waals surface area contributed by atoms with Crippen molar-refractivity contribution < 1.29 is 4.39 Å². The van der Waals surface area contributed by atoms with E-state index in [9.17, 15) is 0 Å². The fourth-order valence-electron chi connectivity index (χ4n) is 4.58. The number of piperidine rings is 1. The predicted molar refractivity (Wildman–Crippen MR) is 113 cm³/mol. The Labute approximate surface area is 169 Å². The Bertz CT molecular complexity index is 881. The molecule has 6 heteroatoms. The van der Waals surface area contributed by atoms with Crippen molar-refractivity contribution in [2.75, 3.05) is 24.5 Å². The average Bonchev–Trinajstić information content (AvgIpc) is 3.25. The Morgan fingerprint density at radius 3 is 2.71 bits per heavy atom. The maximum atomic E-state index is 15.1. The highest BCUT2D eigenvalue weighted by molar-refractivity contribution is 8.14. The van der Waals surface area contributed by atoms with Gasteiger partial charge in [-0.2, -0.15) is 0 Å². The minimum atomic E-state index is -0.118. The fourth-order valence-corrected chi connectivity index (χ4v) is 5.67. The molecular formula is C22H25FN4S. The van der Waals surface area contributed by atoms with Crippen molar-refractivity contribution in [2.24, 2.45) is 4.99 Å². The van der Waals surface area contributed by atoms with Crippen LogP contribution < -0.4 is 4.90 Å². The number of rotatable bonds is 3. The fraction of sp³-hybridized carbons (Fsp3) is 0.455. The van der Waals surface area contributed by atoms with Crippen LogP contribution in [-0.2, 0) is 0 Å². The number of benzene rings is 1. The summed E-state index contributed by atoms with van der Waals surface area (Å²) in [7, 11) is 0. The van der Waals surface area contributed by atoms with Gasteiger partial charge in [-0.15, -0.1) is 0 Å². The van der Waals surface area contributed by atoms with Crippen molar-refractivity contribution in [1.29, 1.82) is 0 Å². The van der Waals surface area contributed by atoms with Gasteiger partial charge in [0.2, 0.25) is 0 Å². The molecule has 2 aromatic rings. The highest BCUT2D eigenvalue weighted by Crippen LogP contribution is 2.47. The number of aliphatic imine (C=N–C) groups is 1. The molecule has 0 spiro atoms. The molecule has 1 aromatic carbocycles. The molecule has 2 fully saturated rings. The van der Waals surface area contributed by atoms with E-state index >= 15 is 4.39 Å². The van der Waals surface area contributed by atoms with Crippen LogP contribution >= 0.6 is 11.8 Å². The first-order valence-electron chi connectivity index (χ1n) is 10.2. The van der Waals surface area contributed by atoms with Crippen LogP contribution in [0.1, 0.15) is 49.5 Å². The number of nitrogens with zero attached hydrogens (tertiary/aromatic N) is 4. The zero-order valence-electron chi connectivity index (χ0n) is 16.1. The number of hydrogen-bond acceptors (Lipinski definition) is 5. The van der Waals surface area contributed by atoms with Gasteiger partial charge in [0.25, 0.3) is 0 Å². The summed E-state index contributed by atoms with van der Waals surface area (Å²) in [5, 5.41) is 1.57. The summed E-state index contributed by atoms with van der Waals surface area (Å²) < 4.78 is 15.1. The standard InChI is InChI=1S/C22H25FN4S/c1-15-14-27-21(20(25-22(27)28-15)18-7-3-4-10-24-18)16-8-9-19(17(23)13-16)26-11-5-2-6-12-26/h3-4,7-10,13,15,20-21H,2,5-6,11-12,14H2,1H3/t15-,20-,21-/m1/s1. The largest absolute Gasteiger partial charge is 0.369 e. The van der Waals surface area contributed by atoms with E-state index < -0.39 is 0 Å². The summed E-state index contributed by atoms with van der Waals surface area (Å²) in [4.78, 5) is 14.1. The number of hydrogen-bond donors (Lipinski definition) is 0. The quantitative estimate of drug-likeness (QED) is 0.746. The lowest BCUT2D eigenvalue weighted by Crippen LogP contribution is -2.31. The third-order valence-electron chi connectivity index (χ3n) is 5.89. The van der Waals surface area contributed by atoms with E-state index in [1.165, 1.54) is 6.42 Å². The van der Waals surface area contributed by atoms with Crippen LogP contribution in [0.2, 0.25) is 0 Å².